The molecule has 0 radical (unpaired) electrons. The van der Waals surface area contributed by atoms with Crippen LogP contribution in [0.15, 0.2) is 35.6 Å². The van der Waals surface area contributed by atoms with Crippen molar-refractivity contribution < 1.29 is 24.5 Å². The average molecular weight is 224 g/mol. The Hall–Kier alpha value is -2.04. The van der Waals surface area contributed by atoms with E-state index in [0.29, 0.717) is 12.2 Å². The fourth-order valence-corrected chi connectivity index (χ4v) is 1.39. The molecule has 2 N–H and O–H groups in total. The van der Waals surface area contributed by atoms with Gasteiger partial charge in [-0.15, -0.1) is 0 Å². The molecule has 86 valence electrons. The van der Waals surface area contributed by atoms with E-state index in [0.717, 1.165) is 0 Å². The van der Waals surface area contributed by atoms with Crippen LogP contribution in [-0.4, -0.2) is 28.8 Å². The maximum absolute atomic E-state index is 11.0. The molecule has 5 nitrogen and oxygen atoms in total. The molecule has 0 aliphatic heterocycles. The summed E-state index contributed by atoms with van der Waals surface area (Å²) >= 11 is 0. The van der Waals surface area contributed by atoms with E-state index in [1.807, 2.05) is 0 Å². The Balaban J connectivity index is 3.06. The van der Waals surface area contributed by atoms with Crippen LogP contribution in [0.4, 0.5) is 0 Å². The summed E-state index contributed by atoms with van der Waals surface area (Å²) < 4.78 is 4.98. The molecule has 16 heavy (non-hydrogen) atoms. The Morgan fingerprint density at radius 1 is 1.50 bits per heavy atom. The van der Waals surface area contributed by atoms with Crippen LogP contribution in [0.5, 0.6) is 0 Å². The van der Waals surface area contributed by atoms with Gasteiger partial charge < -0.3 is 14.9 Å². The third-order valence-electron chi connectivity index (χ3n) is 2.09. The van der Waals surface area contributed by atoms with Gasteiger partial charge in [-0.2, -0.15) is 0 Å². The standard InChI is InChI=1S/C11H12O5/c1-2-16-6-7-4-3-5-8(10(12)13)9(7)11(14)15/h3-6,9H,2H2,1H3,(H,12,13)(H,14,15). The van der Waals surface area contributed by atoms with E-state index >= 15 is 0 Å². The lowest BCUT2D eigenvalue weighted by molar-refractivity contribution is -0.142. The van der Waals surface area contributed by atoms with Crippen molar-refractivity contribution in [3.8, 4) is 0 Å². The van der Waals surface area contributed by atoms with Crippen LogP contribution in [0.2, 0.25) is 0 Å². The highest BCUT2D eigenvalue weighted by Gasteiger charge is 2.31. The first kappa shape index (κ1) is 12.0. The highest BCUT2D eigenvalue weighted by molar-refractivity contribution is 5.96. The van der Waals surface area contributed by atoms with E-state index in [1.165, 1.54) is 24.5 Å². The van der Waals surface area contributed by atoms with Crippen molar-refractivity contribution in [3.05, 3.63) is 35.6 Å². The molecule has 0 fully saturated rings. The van der Waals surface area contributed by atoms with Gasteiger partial charge in [0.1, 0.15) is 5.92 Å². The van der Waals surface area contributed by atoms with Gasteiger partial charge in [-0.3, -0.25) is 4.79 Å². The molecule has 0 spiro atoms. The van der Waals surface area contributed by atoms with Gasteiger partial charge in [0.25, 0.3) is 0 Å². The zero-order chi connectivity index (χ0) is 12.1. The maximum Gasteiger partial charge on any atom is 0.332 e. The van der Waals surface area contributed by atoms with Crippen molar-refractivity contribution in [1.82, 2.24) is 0 Å². The normalized spacial score (nSPS) is 21.7. The second-order valence-electron chi connectivity index (χ2n) is 3.13. The van der Waals surface area contributed by atoms with Crippen molar-refractivity contribution in [3.63, 3.8) is 0 Å². The minimum Gasteiger partial charge on any atom is -0.501 e. The lowest BCUT2D eigenvalue weighted by atomic mass is 9.87. The number of hydrogen-bond donors (Lipinski definition) is 2. The number of carboxylic acid groups (broad SMARTS) is 2. The Labute approximate surface area is 92.3 Å². The van der Waals surface area contributed by atoms with Crippen LogP contribution in [0.3, 0.4) is 0 Å². The maximum atomic E-state index is 11.0. The van der Waals surface area contributed by atoms with E-state index in [9.17, 15) is 9.59 Å². The van der Waals surface area contributed by atoms with Gasteiger partial charge in [-0.25, -0.2) is 4.79 Å². The van der Waals surface area contributed by atoms with E-state index in [-0.39, 0.29) is 5.57 Å². The molecule has 1 atom stereocenters. The number of carboxylic acids is 2. The molecular formula is C11H12O5. The third-order valence-corrected chi connectivity index (χ3v) is 2.09. The van der Waals surface area contributed by atoms with Crippen molar-refractivity contribution >= 4 is 11.9 Å². The van der Waals surface area contributed by atoms with Gasteiger partial charge in [-0.1, -0.05) is 18.2 Å². The fraction of sp³-hybridized carbons (Fsp3) is 0.273. The topological polar surface area (TPSA) is 83.8 Å². The van der Waals surface area contributed by atoms with E-state index in [1.54, 1.807) is 6.92 Å². The summed E-state index contributed by atoms with van der Waals surface area (Å²) in [6.07, 6.45) is 5.59. The zero-order valence-corrected chi connectivity index (χ0v) is 8.71. The van der Waals surface area contributed by atoms with Crippen molar-refractivity contribution in [1.29, 1.82) is 0 Å². The Bertz CT molecular complexity index is 389. The monoisotopic (exact) mass is 224 g/mol. The number of rotatable bonds is 4. The minimum atomic E-state index is -1.24. The van der Waals surface area contributed by atoms with Crippen LogP contribution >= 0.6 is 0 Å². The summed E-state index contributed by atoms with van der Waals surface area (Å²) in [5, 5.41) is 17.9. The van der Waals surface area contributed by atoms with Crippen molar-refractivity contribution in [2.24, 2.45) is 5.92 Å². The molecule has 0 saturated carbocycles. The summed E-state index contributed by atoms with van der Waals surface area (Å²) in [6.45, 7) is 2.16. The van der Waals surface area contributed by atoms with E-state index in [2.05, 4.69) is 0 Å². The smallest absolute Gasteiger partial charge is 0.332 e. The van der Waals surface area contributed by atoms with Crippen LogP contribution in [0, 0.1) is 5.92 Å². The van der Waals surface area contributed by atoms with Gasteiger partial charge in [0.15, 0.2) is 0 Å². The molecule has 1 unspecified atom stereocenters. The molecule has 0 aromatic carbocycles. The Morgan fingerprint density at radius 3 is 2.69 bits per heavy atom. The highest BCUT2D eigenvalue weighted by Crippen LogP contribution is 2.26. The first-order valence-electron chi connectivity index (χ1n) is 4.74. The van der Waals surface area contributed by atoms with Crippen LogP contribution in [0.25, 0.3) is 0 Å². The number of hydrogen-bond acceptors (Lipinski definition) is 3. The molecule has 5 heteroatoms. The second-order valence-corrected chi connectivity index (χ2v) is 3.13. The number of carbonyl (C=O) groups is 2. The SMILES string of the molecule is CCOC=C1C=CC=C(C(=O)O)C1C(=O)O. The summed E-state index contributed by atoms with van der Waals surface area (Å²) in [5.74, 6) is -3.61. The molecule has 0 aromatic heterocycles. The summed E-state index contributed by atoms with van der Waals surface area (Å²) in [7, 11) is 0. The molecule has 0 bridgehead atoms. The molecule has 0 amide bonds. The van der Waals surface area contributed by atoms with E-state index < -0.39 is 17.9 Å². The van der Waals surface area contributed by atoms with Crippen LogP contribution < -0.4 is 0 Å². The second kappa shape index (κ2) is 5.16. The summed E-state index contributed by atoms with van der Waals surface area (Å²) in [6, 6.07) is 0. The molecule has 0 aromatic rings. The Morgan fingerprint density at radius 2 is 2.19 bits per heavy atom. The molecule has 1 aliphatic carbocycles. The molecule has 1 rings (SSSR count). The summed E-state index contributed by atoms with van der Waals surface area (Å²) in [4.78, 5) is 21.9. The number of aliphatic carboxylic acids is 2. The van der Waals surface area contributed by atoms with Gasteiger partial charge in [-0.05, 0) is 6.92 Å². The van der Waals surface area contributed by atoms with Gasteiger partial charge >= 0.3 is 11.9 Å². The molecule has 1 aliphatic rings. The van der Waals surface area contributed by atoms with Crippen molar-refractivity contribution in [2.45, 2.75) is 6.92 Å². The predicted molar refractivity (Wildman–Crippen MR) is 55.7 cm³/mol. The first-order chi connectivity index (χ1) is 7.57. The van der Waals surface area contributed by atoms with Crippen molar-refractivity contribution in [2.75, 3.05) is 6.61 Å². The minimum absolute atomic E-state index is 0.166. The highest BCUT2D eigenvalue weighted by atomic mass is 16.5. The Kier molecular flexibility index (Phi) is 3.88. The lowest BCUT2D eigenvalue weighted by Crippen LogP contribution is -2.24. The van der Waals surface area contributed by atoms with E-state index in [4.69, 9.17) is 14.9 Å². The van der Waals surface area contributed by atoms with Crippen LogP contribution in [0.1, 0.15) is 6.92 Å². The largest absolute Gasteiger partial charge is 0.501 e. The molecule has 0 heterocycles. The number of ether oxygens (including phenoxy) is 1. The molecular weight excluding hydrogens is 212 g/mol. The molecule has 0 saturated heterocycles. The lowest BCUT2D eigenvalue weighted by Gasteiger charge is -2.17. The van der Waals surface area contributed by atoms with Gasteiger partial charge in [0.05, 0.1) is 18.4 Å². The first-order valence-corrected chi connectivity index (χ1v) is 4.74. The predicted octanol–water partition coefficient (Wildman–Crippen LogP) is 1.19. The fourth-order valence-electron chi connectivity index (χ4n) is 1.39. The quantitative estimate of drug-likeness (QED) is 0.701. The zero-order valence-electron chi connectivity index (χ0n) is 8.71. The summed E-state index contributed by atoms with van der Waals surface area (Å²) in [5.41, 5.74) is 0.162. The third kappa shape index (κ3) is 2.50. The van der Waals surface area contributed by atoms with Gasteiger partial charge in [0.2, 0.25) is 0 Å². The van der Waals surface area contributed by atoms with Crippen LogP contribution in [-0.2, 0) is 14.3 Å². The van der Waals surface area contributed by atoms with Gasteiger partial charge in [0, 0.05) is 5.57 Å². The number of allylic oxidation sites excluding steroid dienone is 3. The average Bonchev–Trinajstić information content (AvgIpc) is 2.25.